The molecule has 2 saturated carbocycles. The predicted octanol–water partition coefficient (Wildman–Crippen LogP) is 2.19. The van der Waals surface area contributed by atoms with Crippen LogP contribution in [0.5, 0.6) is 0 Å². The van der Waals surface area contributed by atoms with E-state index in [1.54, 1.807) is 0 Å². The first-order chi connectivity index (χ1) is 7.09. The van der Waals surface area contributed by atoms with Crippen LogP contribution in [0.25, 0.3) is 0 Å². The Morgan fingerprint density at radius 3 is 2.40 bits per heavy atom. The molecule has 2 nitrogen and oxygen atoms in total. The zero-order valence-corrected chi connectivity index (χ0v) is 9.89. The molecule has 0 bridgehead atoms. The van der Waals surface area contributed by atoms with Gasteiger partial charge in [0.1, 0.15) is 0 Å². The Morgan fingerprint density at radius 2 is 1.73 bits per heavy atom. The summed E-state index contributed by atoms with van der Waals surface area (Å²) in [5, 5.41) is 20.2. The van der Waals surface area contributed by atoms with Crippen LogP contribution >= 0.6 is 0 Å². The average molecular weight is 212 g/mol. The summed E-state index contributed by atoms with van der Waals surface area (Å²) in [5.74, 6) is 1.86. The van der Waals surface area contributed by atoms with Crippen molar-refractivity contribution < 1.29 is 10.2 Å². The van der Waals surface area contributed by atoms with Crippen LogP contribution in [0.15, 0.2) is 0 Å². The van der Waals surface area contributed by atoms with E-state index in [2.05, 4.69) is 13.8 Å². The molecule has 0 radical (unpaired) electrons. The Labute approximate surface area is 92.7 Å². The Morgan fingerprint density at radius 1 is 1.07 bits per heavy atom. The Balaban J connectivity index is 2.01. The lowest BCUT2D eigenvalue weighted by Crippen LogP contribution is -2.41. The summed E-state index contributed by atoms with van der Waals surface area (Å²) in [4.78, 5) is 0. The molecule has 2 aliphatic carbocycles. The van der Waals surface area contributed by atoms with Crippen LogP contribution in [-0.2, 0) is 0 Å². The number of hydrogen-bond donors (Lipinski definition) is 2. The molecule has 0 saturated heterocycles. The van der Waals surface area contributed by atoms with E-state index < -0.39 is 0 Å². The van der Waals surface area contributed by atoms with E-state index in [9.17, 15) is 10.2 Å². The fraction of sp³-hybridized carbons (Fsp3) is 1.00. The van der Waals surface area contributed by atoms with Crippen LogP contribution in [-0.4, -0.2) is 22.4 Å². The van der Waals surface area contributed by atoms with Crippen LogP contribution in [0.2, 0.25) is 0 Å². The third kappa shape index (κ3) is 2.21. The highest BCUT2D eigenvalue weighted by Gasteiger charge is 2.45. The molecule has 5 unspecified atom stereocenters. The van der Waals surface area contributed by atoms with Gasteiger partial charge in [-0.15, -0.1) is 0 Å². The molecule has 2 rings (SSSR count). The van der Waals surface area contributed by atoms with Crippen LogP contribution in [0.3, 0.4) is 0 Å². The van der Waals surface area contributed by atoms with E-state index in [1.165, 1.54) is 6.42 Å². The summed E-state index contributed by atoms with van der Waals surface area (Å²) >= 11 is 0. The summed E-state index contributed by atoms with van der Waals surface area (Å²) in [7, 11) is 0. The maximum Gasteiger partial charge on any atom is 0.0623 e. The zero-order valence-electron chi connectivity index (χ0n) is 9.89. The lowest BCUT2D eigenvalue weighted by molar-refractivity contribution is -0.0520. The highest BCUT2D eigenvalue weighted by Crippen LogP contribution is 2.45. The average Bonchev–Trinajstić information content (AvgIpc) is 2.53. The molecule has 5 atom stereocenters. The second-order valence-electron chi connectivity index (χ2n) is 5.94. The minimum Gasteiger partial charge on any atom is -0.393 e. The Bertz CT molecular complexity index is 215. The van der Waals surface area contributed by atoms with Crippen molar-refractivity contribution in [2.45, 2.75) is 58.2 Å². The van der Waals surface area contributed by atoms with Gasteiger partial charge in [-0.1, -0.05) is 13.8 Å². The van der Waals surface area contributed by atoms with Crippen molar-refractivity contribution in [3.8, 4) is 0 Å². The SMILES string of the molecule is CC(C)CC1CCC2CCC(O)C2C1O. The van der Waals surface area contributed by atoms with Crippen LogP contribution in [0.4, 0.5) is 0 Å². The van der Waals surface area contributed by atoms with E-state index in [-0.39, 0.29) is 18.1 Å². The van der Waals surface area contributed by atoms with Gasteiger partial charge in [-0.25, -0.2) is 0 Å². The maximum atomic E-state index is 10.3. The molecule has 0 aromatic carbocycles. The molecule has 0 aromatic rings. The summed E-state index contributed by atoms with van der Waals surface area (Å²) in [6.07, 6.45) is 5.03. The second-order valence-corrected chi connectivity index (χ2v) is 5.94. The lowest BCUT2D eigenvalue weighted by atomic mass is 9.70. The topological polar surface area (TPSA) is 40.5 Å². The van der Waals surface area contributed by atoms with Gasteiger partial charge in [-0.05, 0) is 49.9 Å². The number of rotatable bonds is 2. The van der Waals surface area contributed by atoms with Gasteiger partial charge in [0, 0.05) is 5.92 Å². The summed E-state index contributed by atoms with van der Waals surface area (Å²) in [6, 6.07) is 0. The highest BCUT2D eigenvalue weighted by molar-refractivity contribution is 4.95. The quantitative estimate of drug-likeness (QED) is 0.736. The van der Waals surface area contributed by atoms with Crippen LogP contribution < -0.4 is 0 Å². The zero-order chi connectivity index (χ0) is 11.0. The highest BCUT2D eigenvalue weighted by atomic mass is 16.3. The van der Waals surface area contributed by atoms with Gasteiger partial charge in [0.05, 0.1) is 12.2 Å². The first kappa shape index (κ1) is 11.4. The van der Waals surface area contributed by atoms with Gasteiger partial charge < -0.3 is 10.2 Å². The Hall–Kier alpha value is -0.0800. The third-order valence-corrected chi connectivity index (χ3v) is 4.38. The van der Waals surface area contributed by atoms with E-state index >= 15 is 0 Å². The van der Waals surface area contributed by atoms with Gasteiger partial charge in [0.15, 0.2) is 0 Å². The second kappa shape index (κ2) is 4.42. The monoisotopic (exact) mass is 212 g/mol. The molecule has 0 aromatic heterocycles. The first-order valence-electron chi connectivity index (χ1n) is 6.45. The van der Waals surface area contributed by atoms with E-state index in [0.717, 1.165) is 25.7 Å². The number of aliphatic hydroxyl groups excluding tert-OH is 2. The van der Waals surface area contributed by atoms with Gasteiger partial charge in [-0.2, -0.15) is 0 Å². The fourth-order valence-electron chi connectivity index (χ4n) is 3.70. The molecule has 2 N–H and O–H groups in total. The lowest BCUT2D eigenvalue weighted by Gasteiger charge is -2.39. The largest absolute Gasteiger partial charge is 0.393 e. The first-order valence-corrected chi connectivity index (χ1v) is 6.45. The van der Waals surface area contributed by atoms with Crippen molar-refractivity contribution in [2.24, 2.45) is 23.7 Å². The van der Waals surface area contributed by atoms with Crippen molar-refractivity contribution in [2.75, 3.05) is 0 Å². The van der Waals surface area contributed by atoms with Crippen molar-refractivity contribution in [3.63, 3.8) is 0 Å². The molecule has 0 spiro atoms. The molecule has 0 heterocycles. The normalized spacial score (nSPS) is 45.8. The van der Waals surface area contributed by atoms with Crippen molar-refractivity contribution in [3.05, 3.63) is 0 Å². The summed E-state index contributed by atoms with van der Waals surface area (Å²) < 4.78 is 0. The molecule has 2 aliphatic rings. The standard InChI is InChI=1S/C13H24O2/c1-8(2)7-10-4-3-9-5-6-11(14)12(9)13(10)15/h8-15H,3-7H2,1-2H3. The summed E-state index contributed by atoms with van der Waals surface area (Å²) in [5.41, 5.74) is 0. The molecule has 2 fully saturated rings. The Kier molecular flexibility index (Phi) is 3.36. The van der Waals surface area contributed by atoms with Crippen LogP contribution in [0.1, 0.15) is 46.0 Å². The predicted molar refractivity (Wildman–Crippen MR) is 60.4 cm³/mol. The molecular formula is C13H24O2. The maximum absolute atomic E-state index is 10.3. The number of fused-ring (bicyclic) bond motifs is 1. The smallest absolute Gasteiger partial charge is 0.0623 e. The summed E-state index contributed by atoms with van der Waals surface area (Å²) in [6.45, 7) is 4.42. The van der Waals surface area contributed by atoms with E-state index in [4.69, 9.17) is 0 Å². The van der Waals surface area contributed by atoms with Gasteiger partial charge in [0.2, 0.25) is 0 Å². The molecule has 0 aliphatic heterocycles. The third-order valence-electron chi connectivity index (χ3n) is 4.38. The van der Waals surface area contributed by atoms with Gasteiger partial charge in [-0.3, -0.25) is 0 Å². The molecule has 88 valence electrons. The number of aliphatic hydroxyl groups is 2. The molecule has 2 heteroatoms. The number of hydrogen-bond acceptors (Lipinski definition) is 2. The van der Waals surface area contributed by atoms with E-state index in [0.29, 0.717) is 17.8 Å². The van der Waals surface area contributed by atoms with Crippen molar-refractivity contribution in [1.82, 2.24) is 0 Å². The minimum atomic E-state index is -0.247. The van der Waals surface area contributed by atoms with Crippen molar-refractivity contribution >= 4 is 0 Å². The fourth-order valence-corrected chi connectivity index (χ4v) is 3.70. The minimum absolute atomic E-state index is 0.183. The van der Waals surface area contributed by atoms with E-state index in [1.807, 2.05) is 0 Å². The van der Waals surface area contributed by atoms with Crippen LogP contribution in [0, 0.1) is 23.7 Å². The molecular weight excluding hydrogens is 188 g/mol. The van der Waals surface area contributed by atoms with Gasteiger partial charge in [0.25, 0.3) is 0 Å². The molecule has 0 amide bonds. The molecule has 15 heavy (non-hydrogen) atoms. The van der Waals surface area contributed by atoms with Crippen molar-refractivity contribution in [1.29, 1.82) is 0 Å². The van der Waals surface area contributed by atoms with Gasteiger partial charge >= 0.3 is 0 Å².